The summed E-state index contributed by atoms with van der Waals surface area (Å²) in [5.41, 5.74) is 3.84. The molecular formula is C21H21N5O3. The van der Waals surface area contributed by atoms with Crippen LogP contribution in [0.1, 0.15) is 29.2 Å². The number of nitrogens with one attached hydrogen (secondary N) is 2. The second-order valence-corrected chi connectivity index (χ2v) is 7.08. The van der Waals surface area contributed by atoms with Crippen LogP contribution in [0.25, 0.3) is 0 Å². The average molecular weight is 391 g/mol. The molecule has 8 heteroatoms. The van der Waals surface area contributed by atoms with E-state index in [-0.39, 0.29) is 30.9 Å². The van der Waals surface area contributed by atoms with Crippen LogP contribution in [0.15, 0.2) is 48.8 Å². The lowest BCUT2D eigenvalue weighted by Crippen LogP contribution is -2.29. The third-order valence-corrected chi connectivity index (χ3v) is 4.64. The van der Waals surface area contributed by atoms with E-state index >= 15 is 0 Å². The lowest BCUT2D eigenvalue weighted by molar-refractivity contribution is -0.118. The molecule has 8 nitrogen and oxygen atoms in total. The van der Waals surface area contributed by atoms with Crippen molar-refractivity contribution < 1.29 is 14.3 Å². The Morgan fingerprint density at radius 3 is 2.66 bits per heavy atom. The SMILES string of the molecule is Cc1cc(C)cc(NC(=O)COc2ccc([C@@H]3CC(=O)Nc4ncnn43)cc2)c1. The minimum Gasteiger partial charge on any atom is -0.484 e. The summed E-state index contributed by atoms with van der Waals surface area (Å²) in [7, 11) is 0. The summed E-state index contributed by atoms with van der Waals surface area (Å²) < 4.78 is 7.28. The number of aromatic nitrogens is 3. The van der Waals surface area contributed by atoms with Crippen molar-refractivity contribution in [3.8, 4) is 5.75 Å². The number of hydrogen-bond acceptors (Lipinski definition) is 5. The monoisotopic (exact) mass is 391 g/mol. The summed E-state index contributed by atoms with van der Waals surface area (Å²) in [5, 5.41) is 9.72. The number of fused-ring (bicyclic) bond motifs is 1. The second kappa shape index (κ2) is 7.75. The molecule has 2 amide bonds. The standard InChI is InChI=1S/C21H21N5O3/c1-13-7-14(2)9-16(8-13)24-20(28)11-29-17-5-3-15(4-6-17)18-10-19(27)25-21-22-12-23-26(18)21/h3-9,12,18H,10-11H2,1-2H3,(H,24,28)(H,22,23,25,27)/t18-/m0/s1. The molecule has 1 aliphatic heterocycles. The number of carbonyl (C=O) groups is 2. The van der Waals surface area contributed by atoms with Crippen LogP contribution < -0.4 is 15.4 Å². The maximum Gasteiger partial charge on any atom is 0.262 e. The van der Waals surface area contributed by atoms with E-state index in [1.807, 2.05) is 44.2 Å². The zero-order chi connectivity index (χ0) is 20.4. The molecule has 148 valence electrons. The molecule has 1 aliphatic rings. The number of nitrogens with zero attached hydrogens (tertiary/aromatic N) is 3. The highest BCUT2D eigenvalue weighted by molar-refractivity contribution is 5.92. The quantitative estimate of drug-likeness (QED) is 0.697. The number of benzene rings is 2. The summed E-state index contributed by atoms with van der Waals surface area (Å²) in [4.78, 5) is 28.1. The fourth-order valence-corrected chi connectivity index (χ4v) is 3.44. The third-order valence-electron chi connectivity index (χ3n) is 4.64. The fraction of sp³-hybridized carbons (Fsp3) is 0.238. The molecule has 0 radical (unpaired) electrons. The van der Waals surface area contributed by atoms with Crippen molar-refractivity contribution >= 4 is 23.5 Å². The highest BCUT2D eigenvalue weighted by atomic mass is 16.5. The zero-order valence-corrected chi connectivity index (χ0v) is 16.2. The van der Waals surface area contributed by atoms with Gasteiger partial charge >= 0.3 is 0 Å². The third kappa shape index (κ3) is 4.26. The number of carbonyl (C=O) groups excluding carboxylic acids is 2. The van der Waals surface area contributed by atoms with Crippen LogP contribution in [0.5, 0.6) is 5.75 Å². The van der Waals surface area contributed by atoms with Crippen LogP contribution in [0, 0.1) is 13.8 Å². The van der Waals surface area contributed by atoms with Gasteiger partial charge < -0.3 is 10.1 Å². The Morgan fingerprint density at radius 2 is 1.93 bits per heavy atom. The predicted octanol–water partition coefficient (Wildman–Crippen LogP) is 2.84. The van der Waals surface area contributed by atoms with Gasteiger partial charge in [-0.05, 0) is 54.8 Å². The minimum atomic E-state index is -0.227. The van der Waals surface area contributed by atoms with E-state index < -0.39 is 0 Å². The van der Waals surface area contributed by atoms with Gasteiger partial charge in [0.15, 0.2) is 6.61 Å². The maximum atomic E-state index is 12.2. The zero-order valence-electron chi connectivity index (χ0n) is 16.2. The van der Waals surface area contributed by atoms with Crippen molar-refractivity contribution in [3.63, 3.8) is 0 Å². The number of hydrogen-bond donors (Lipinski definition) is 2. The Balaban J connectivity index is 1.38. The maximum absolute atomic E-state index is 12.2. The first kappa shape index (κ1) is 18.7. The average Bonchev–Trinajstić information content (AvgIpc) is 3.13. The van der Waals surface area contributed by atoms with E-state index in [0.717, 1.165) is 22.4 Å². The lowest BCUT2D eigenvalue weighted by Gasteiger charge is -2.23. The highest BCUT2D eigenvalue weighted by Crippen LogP contribution is 2.29. The molecule has 2 N–H and O–H groups in total. The van der Waals surface area contributed by atoms with E-state index in [1.54, 1.807) is 16.8 Å². The van der Waals surface area contributed by atoms with Crippen molar-refractivity contribution in [1.82, 2.24) is 14.8 Å². The smallest absolute Gasteiger partial charge is 0.262 e. The van der Waals surface area contributed by atoms with Crippen LogP contribution in [0.3, 0.4) is 0 Å². The van der Waals surface area contributed by atoms with E-state index in [2.05, 4.69) is 20.7 Å². The van der Waals surface area contributed by atoms with Gasteiger partial charge in [-0.15, -0.1) is 0 Å². The largest absolute Gasteiger partial charge is 0.484 e. The Morgan fingerprint density at radius 1 is 1.21 bits per heavy atom. The van der Waals surface area contributed by atoms with Crippen molar-refractivity contribution in [1.29, 1.82) is 0 Å². The summed E-state index contributed by atoms with van der Waals surface area (Å²) in [6.45, 7) is 3.88. The second-order valence-electron chi connectivity index (χ2n) is 7.08. The van der Waals surface area contributed by atoms with Crippen molar-refractivity contribution in [3.05, 3.63) is 65.5 Å². The van der Waals surface area contributed by atoms with Crippen molar-refractivity contribution in [2.45, 2.75) is 26.3 Å². The van der Waals surface area contributed by atoms with Crippen LogP contribution in [-0.2, 0) is 9.59 Å². The Bertz CT molecular complexity index is 1040. The summed E-state index contributed by atoms with van der Waals surface area (Å²) in [6, 6.07) is 13.0. The van der Waals surface area contributed by atoms with E-state index in [1.165, 1.54) is 6.33 Å². The molecule has 0 unspecified atom stereocenters. The highest BCUT2D eigenvalue weighted by Gasteiger charge is 2.27. The Labute approximate surface area is 167 Å². The minimum absolute atomic E-state index is 0.0919. The van der Waals surface area contributed by atoms with Gasteiger partial charge in [0.1, 0.15) is 12.1 Å². The molecule has 29 heavy (non-hydrogen) atoms. The molecule has 0 saturated carbocycles. The Hall–Kier alpha value is -3.68. The summed E-state index contributed by atoms with van der Waals surface area (Å²) in [5.74, 6) is 0.687. The molecule has 1 aromatic heterocycles. The number of aryl methyl sites for hydroxylation is 2. The van der Waals surface area contributed by atoms with Gasteiger partial charge in [-0.2, -0.15) is 10.1 Å². The van der Waals surface area contributed by atoms with Crippen molar-refractivity contribution in [2.75, 3.05) is 17.2 Å². The first-order chi connectivity index (χ1) is 14.0. The number of amides is 2. The Kier molecular flexibility index (Phi) is 4.99. The van der Waals surface area contributed by atoms with Crippen LogP contribution in [-0.4, -0.2) is 33.2 Å². The molecule has 0 aliphatic carbocycles. The molecule has 4 rings (SSSR count). The first-order valence-corrected chi connectivity index (χ1v) is 9.28. The fourth-order valence-electron chi connectivity index (χ4n) is 3.44. The van der Waals surface area contributed by atoms with E-state index in [9.17, 15) is 9.59 Å². The molecule has 0 spiro atoms. The molecule has 2 aromatic carbocycles. The van der Waals surface area contributed by atoms with Gasteiger partial charge in [0, 0.05) is 5.69 Å². The predicted molar refractivity (Wildman–Crippen MR) is 108 cm³/mol. The first-order valence-electron chi connectivity index (χ1n) is 9.28. The van der Waals surface area contributed by atoms with Gasteiger partial charge in [0.25, 0.3) is 5.91 Å². The van der Waals surface area contributed by atoms with Gasteiger partial charge in [0.2, 0.25) is 11.9 Å². The van der Waals surface area contributed by atoms with Crippen molar-refractivity contribution in [2.24, 2.45) is 0 Å². The van der Waals surface area contributed by atoms with Crippen LogP contribution >= 0.6 is 0 Å². The normalized spacial score (nSPS) is 15.4. The molecule has 0 saturated heterocycles. The van der Waals surface area contributed by atoms with Crippen LogP contribution in [0.2, 0.25) is 0 Å². The molecule has 3 aromatic rings. The number of rotatable bonds is 5. The number of anilines is 2. The number of ether oxygens (including phenoxy) is 1. The topological polar surface area (TPSA) is 98.1 Å². The molecule has 0 bridgehead atoms. The molecule has 0 fully saturated rings. The lowest BCUT2D eigenvalue weighted by atomic mass is 10.0. The summed E-state index contributed by atoms with van der Waals surface area (Å²) in [6.07, 6.45) is 1.70. The van der Waals surface area contributed by atoms with Gasteiger partial charge in [-0.25, -0.2) is 4.68 Å². The van der Waals surface area contributed by atoms with Gasteiger partial charge in [0.05, 0.1) is 12.5 Å². The van der Waals surface area contributed by atoms with Gasteiger partial charge in [-0.1, -0.05) is 18.2 Å². The van der Waals surface area contributed by atoms with E-state index in [4.69, 9.17) is 4.74 Å². The van der Waals surface area contributed by atoms with Crippen LogP contribution in [0.4, 0.5) is 11.6 Å². The van der Waals surface area contributed by atoms with Gasteiger partial charge in [-0.3, -0.25) is 14.9 Å². The molecule has 2 heterocycles. The van der Waals surface area contributed by atoms with E-state index in [0.29, 0.717) is 11.7 Å². The molecule has 1 atom stereocenters. The summed E-state index contributed by atoms with van der Waals surface area (Å²) >= 11 is 0. The molecular weight excluding hydrogens is 370 g/mol.